The molecule has 1 aromatic rings. The molecule has 0 amide bonds. The molecule has 2 unspecified atom stereocenters. The topological polar surface area (TPSA) is 40.5 Å². The van der Waals surface area contributed by atoms with Gasteiger partial charge in [-0.2, -0.15) is 0 Å². The van der Waals surface area contributed by atoms with Crippen LogP contribution in [0.5, 0.6) is 0 Å². The number of benzene rings is 1. The first kappa shape index (κ1) is 12.4. The average molecular weight is 257 g/mol. The van der Waals surface area contributed by atoms with Crippen LogP contribution in [-0.2, 0) is 17.8 Å². The lowest BCUT2D eigenvalue weighted by Gasteiger charge is -2.39. The van der Waals surface area contributed by atoms with Crippen LogP contribution in [0.25, 0.3) is 0 Å². The number of rotatable bonds is 2. The number of aliphatic carboxylic acids is 1. The van der Waals surface area contributed by atoms with Crippen molar-refractivity contribution in [1.29, 1.82) is 0 Å². The van der Waals surface area contributed by atoms with E-state index in [1.807, 2.05) is 12.1 Å². The van der Waals surface area contributed by atoms with E-state index in [1.165, 1.54) is 11.1 Å². The van der Waals surface area contributed by atoms with Crippen molar-refractivity contribution in [2.24, 2.45) is 0 Å². The Morgan fingerprint density at radius 1 is 1.26 bits per heavy atom. The maximum atomic E-state index is 11.6. The molecule has 0 fully saturated rings. The van der Waals surface area contributed by atoms with Gasteiger partial charge in [-0.3, -0.25) is 9.69 Å². The lowest BCUT2D eigenvalue weighted by Crippen LogP contribution is -2.50. The van der Waals surface area contributed by atoms with Crippen LogP contribution in [0.3, 0.4) is 0 Å². The van der Waals surface area contributed by atoms with E-state index in [0.717, 1.165) is 25.8 Å². The molecule has 3 rings (SSSR count). The molecule has 1 aromatic carbocycles. The molecule has 0 saturated carbocycles. The van der Waals surface area contributed by atoms with Gasteiger partial charge < -0.3 is 5.11 Å². The van der Waals surface area contributed by atoms with Crippen molar-refractivity contribution in [3.05, 3.63) is 47.5 Å². The number of nitrogens with zero attached hydrogens (tertiary/aromatic N) is 1. The summed E-state index contributed by atoms with van der Waals surface area (Å²) >= 11 is 0. The Labute approximate surface area is 113 Å². The van der Waals surface area contributed by atoms with Crippen molar-refractivity contribution >= 4 is 5.97 Å². The summed E-state index contributed by atoms with van der Waals surface area (Å²) in [7, 11) is 0. The Hall–Kier alpha value is -1.61. The summed E-state index contributed by atoms with van der Waals surface area (Å²) in [6.07, 6.45) is 8.35. The van der Waals surface area contributed by atoms with Crippen molar-refractivity contribution in [3.63, 3.8) is 0 Å². The van der Waals surface area contributed by atoms with E-state index in [9.17, 15) is 9.90 Å². The van der Waals surface area contributed by atoms with E-state index >= 15 is 0 Å². The first-order valence-electron chi connectivity index (χ1n) is 6.97. The summed E-state index contributed by atoms with van der Waals surface area (Å²) in [5.74, 6) is -0.700. The third-order valence-corrected chi connectivity index (χ3v) is 4.22. The van der Waals surface area contributed by atoms with Gasteiger partial charge in [-0.25, -0.2) is 0 Å². The van der Waals surface area contributed by atoms with Gasteiger partial charge in [0.25, 0.3) is 0 Å². The fraction of sp³-hybridized carbons (Fsp3) is 0.438. The Balaban J connectivity index is 1.91. The molecule has 2 atom stereocenters. The first-order valence-corrected chi connectivity index (χ1v) is 6.97. The summed E-state index contributed by atoms with van der Waals surface area (Å²) in [5.41, 5.74) is 2.46. The molecule has 0 spiro atoms. The van der Waals surface area contributed by atoms with Gasteiger partial charge in [0.2, 0.25) is 0 Å². The third kappa shape index (κ3) is 2.43. The predicted octanol–water partition coefficient (Wildman–Crippen LogP) is 2.61. The van der Waals surface area contributed by atoms with Crippen LogP contribution in [0.4, 0.5) is 0 Å². The monoisotopic (exact) mass is 257 g/mol. The lowest BCUT2D eigenvalue weighted by atomic mass is 9.90. The van der Waals surface area contributed by atoms with Gasteiger partial charge in [-0.05, 0) is 36.8 Å². The molecular formula is C16H19NO2. The summed E-state index contributed by atoms with van der Waals surface area (Å²) < 4.78 is 0. The molecule has 19 heavy (non-hydrogen) atoms. The number of allylic oxidation sites excluding steroid dienone is 1. The van der Waals surface area contributed by atoms with Crippen LogP contribution in [0.1, 0.15) is 30.4 Å². The van der Waals surface area contributed by atoms with Crippen LogP contribution >= 0.6 is 0 Å². The Bertz CT molecular complexity index is 509. The molecule has 100 valence electrons. The average Bonchev–Trinajstić information content (AvgIpc) is 2.46. The minimum atomic E-state index is -0.700. The number of hydrogen-bond donors (Lipinski definition) is 1. The lowest BCUT2D eigenvalue weighted by molar-refractivity contribution is -0.144. The number of fused-ring (bicyclic) bond motifs is 1. The van der Waals surface area contributed by atoms with Crippen LogP contribution in [0.2, 0.25) is 0 Å². The zero-order valence-electron chi connectivity index (χ0n) is 11.0. The maximum Gasteiger partial charge on any atom is 0.321 e. The van der Waals surface area contributed by atoms with Gasteiger partial charge in [0.05, 0.1) is 0 Å². The highest BCUT2D eigenvalue weighted by atomic mass is 16.4. The second-order valence-corrected chi connectivity index (χ2v) is 5.43. The highest BCUT2D eigenvalue weighted by Crippen LogP contribution is 2.28. The molecule has 2 aliphatic rings. The van der Waals surface area contributed by atoms with E-state index in [4.69, 9.17) is 0 Å². The van der Waals surface area contributed by atoms with Crippen molar-refractivity contribution < 1.29 is 9.90 Å². The van der Waals surface area contributed by atoms with Crippen LogP contribution in [-0.4, -0.2) is 28.1 Å². The van der Waals surface area contributed by atoms with Crippen molar-refractivity contribution in [2.75, 3.05) is 0 Å². The molecule has 1 aliphatic carbocycles. The van der Waals surface area contributed by atoms with E-state index < -0.39 is 5.97 Å². The fourth-order valence-corrected chi connectivity index (χ4v) is 3.19. The molecule has 0 bridgehead atoms. The number of carboxylic acids is 1. The zero-order chi connectivity index (χ0) is 13.2. The minimum Gasteiger partial charge on any atom is -0.480 e. The van der Waals surface area contributed by atoms with Gasteiger partial charge in [0.15, 0.2) is 0 Å². The predicted molar refractivity (Wildman–Crippen MR) is 73.9 cm³/mol. The number of hydrogen-bond acceptors (Lipinski definition) is 2. The molecule has 1 heterocycles. The highest BCUT2D eigenvalue weighted by molar-refractivity contribution is 5.74. The largest absolute Gasteiger partial charge is 0.480 e. The molecule has 0 aromatic heterocycles. The molecular weight excluding hydrogens is 238 g/mol. The van der Waals surface area contributed by atoms with Gasteiger partial charge >= 0.3 is 5.97 Å². The Kier molecular flexibility index (Phi) is 3.38. The molecule has 0 radical (unpaired) electrons. The Morgan fingerprint density at radius 2 is 2.05 bits per heavy atom. The SMILES string of the molecule is O=C(O)C1Cc2ccccc2CN1C1C=CCCC1. The van der Waals surface area contributed by atoms with Crippen molar-refractivity contribution in [2.45, 2.75) is 44.3 Å². The highest BCUT2D eigenvalue weighted by Gasteiger charge is 2.34. The number of carbonyl (C=O) groups is 1. The van der Waals surface area contributed by atoms with E-state index in [1.54, 1.807) is 0 Å². The Morgan fingerprint density at radius 3 is 2.74 bits per heavy atom. The minimum absolute atomic E-state index is 0.281. The molecule has 3 heteroatoms. The zero-order valence-corrected chi connectivity index (χ0v) is 11.0. The molecule has 1 aliphatic heterocycles. The van der Waals surface area contributed by atoms with Crippen LogP contribution in [0.15, 0.2) is 36.4 Å². The standard InChI is InChI=1S/C16H19NO2/c18-16(19)15-10-12-6-4-5-7-13(12)11-17(15)14-8-2-1-3-9-14/h2,4-8,14-15H,1,3,9-11H2,(H,18,19). The molecule has 1 N–H and O–H groups in total. The van der Waals surface area contributed by atoms with E-state index in [0.29, 0.717) is 6.42 Å². The quantitative estimate of drug-likeness (QED) is 0.828. The fourth-order valence-electron chi connectivity index (χ4n) is 3.19. The van der Waals surface area contributed by atoms with Gasteiger partial charge in [-0.15, -0.1) is 0 Å². The summed E-state index contributed by atoms with van der Waals surface area (Å²) in [5, 5.41) is 9.50. The smallest absolute Gasteiger partial charge is 0.321 e. The number of carboxylic acid groups (broad SMARTS) is 1. The first-order chi connectivity index (χ1) is 9.25. The van der Waals surface area contributed by atoms with Crippen molar-refractivity contribution in [1.82, 2.24) is 4.90 Å². The van der Waals surface area contributed by atoms with Crippen molar-refractivity contribution in [3.8, 4) is 0 Å². The van der Waals surface area contributed by atoms with E-state index in [2.05, 4.69) is 29.2 Å². The summed E-state index contributed by atoms with van der Waals surface area (Å²) in [6, 6.07) is 8.10. The van der Waals surface area contributed by atoms with Gasteiger partial charge in [-0.1, -0.05) is 36.4 Å². The van der Waals surface area contributed by atoms with Gasteiger partial charge in [0, 0.05) is 12.6 Å². The second-order valence-electron chi connectivity index (χ2n) is 5.43. The molecule has 0 saturated heterocycles. The van der Waals surface area contributed by atoms with Gasteiger partial charge in [0.1, 0.15) is 6.04 Å². The maximum absolute atomic E-state index is 11.6. The third-order valence-electron chi connectivity index (χ3n) is 4.22. The summed E-state index contributed by atoms with van der Waals surface area (Å²) in [4.78, 5) is 13.7. The normalized spacial score (nSPS) is 26.9. The second kappa shape index (κ2) is 5.17. The summed E-state index contributed by atoms with van der Waals surface area (Å²) in [6.45, 7) is 0.752. The van der Waals surface area contributed by atoms with Crippen LogP contribution in [0, 0.1) is 0 Å². The van der Waals surface area contributed by atoms with Crippen LogP contribution < -0.4 is 0 Å². The van der Waals surface area contributed by atoms with E-state index in [-0.39, 0.29) is 12.1 Å². The molecule has 3 nitrogen and oxygen atoms in total.